The van der Waals surface area contributed by atoms with Gasteiger partial charge in [0.25, 0.3) is 0 Å². The molecule has 3 atom stereocenters. The molecule has 0 saturated carbocycles. The largest absolute Gasteiger partial charge is 0.507 e. The van der Waals surface area contributed by atoms with Crippen molar-refractivity contribution in [1.82, 2.24) is 0 Å². The molecule has 2 aromatic carbocycles. The number of phenols is 1. The number of aliphatic hydroxyl groups excluding tert-OH is 2. The number of anilines is 1. The number of aliphatic hydroxyl groups is 2. The van der Waals surface area contributed by atoms with Crippen LogP contribution in [-0.4, -0.2) is 57.4 Å². The summed E-state index contributed by atoms with van der Waals surface area (Å²) in [6, 6.07) is 10.5. The summed E-state index contributed by atoms with van der Waals surface area (Å²) in [5.74, 6) is -3.22. The van der Waals surface area contributed by atoms with E-state index in [9.17, 15) is 34.5 Å². The number of hydrogen-bond acceptors (Lipinski definition) is 7. The molecule has 3 rings (SSSR count). The standard InChI is InChI=1S/C30H38N2O7.H2O.2H2/c1-30(2,3)29(39)32-20-6-4-18(5-7-20)21-8-9-24(35)28-22(21)13-17(14-26(28)37)12-19(10-11-33)23(16-34)25(36)15-27(31)38;;;/h4-9,17,19,23,33-35H,10-16H2,1-3H3,(H2,31,38)(H,32,39);1H2;2*1H. The average Bonchev–Trinajstić information content (AvgIpc) is 2.84. The van der Waals surface area contributed by atoms with E-state index in [4.69, 9.17) is 5.73 Å². The van der Waals surface area contributed by atoms with E-state index in [-0.39, 0.29) is 56.7 Å². The van der Waals surface area contributed by atoms with E-state index < -0.39 is 42.0 Å². The minimum Gasteiger partial charge on any atom is -0.507 e. The topological polar surface area (TPSA) is 199 Å². The molecule has 0 saturated heterocycles. The van der Waals surface area contributed by atoms with Gasteiger partial charge in [-0.3, -0.25) is 19.2 Å². The van der Waals surface area contributed by atoms with Crippen LogP contribution >= 0.6 is 0 Å². The number of amides is 2. The van der Waals surface area contributed by atoms with Crippen LogP contribution in [0.3, 0.4) is 0 Å². The summed E-state index contributed by atoms with van der Waals surface area (Å²) < 4.78 is 0. The Bertz CT molecular complexity index is 1250. The van der Waals surface area contributed by atoms with Gasteiger partial charge in [0.1, 0.15) is 11.5 Å². The van der Waals surface area contributed by atoms with Gasteiger partial charge in [-0.05, 0) is 66.0 Å². The summed E-state index contributed by atoms with van der Waals surface area (Å²) in [6.45, 7) is 4.78. The zero-order valence-corrected chi connectivity index (χ0v) is 23.2. The highest BCUT2D eigenvalue weighted by Crippen LogP contribution is 2.41. The molecule has 2 aromatic rings. The molecule has 3 unspecified atom stereocenters. The molecule has 0 bridgehead atoms. The van der Waals surface area contributed by atoms with Crippen molar-refractivity contribution in [2.75, 3.05) is 18.5 Å². The van der Waals surface area contributed by atoms with Crippen LogP contribution in [0.1, 0.15) is 65.2 Å². The summed E-state index contributed by atoms with van der Waals surface area (Å²) in [4.78, 5) is 49.4. The fourth-order valence-corrected chi connectivity index (χ4v) is 5.27. The number of aromatic hydroxyl groups is 1. The van der Waals surface area contributed by atoms with E-state index in [0.717, 1.165) is 11.1 Å². The number of nitrogens with two attached hydrogens (primary N) is 1. The van der Waals surface area contributed by atoms with Gasteiger partial charge in [0.15, 0.2) is 5.78 Å². The summed E-state index contributed by atoms with van der Waals surface area (Å²) >= 11 is 0. The average molecular weight is 561 g/mol. The van der Waals surface area contributed by atoms with Gasteiger partial charge >= 0.3 is 0 Å². The summed E-state index contributed by atoms with van der Waals surface area (Å²) in [6.07, 6.45) is 0.684. The van der Waals surface area contributed by atoms with E-state index in [1.807, 2.05) is 32.9 Å². The number of phenolic OH excluding ortho intramolecular Hbond substituents is 1. The number of nitrogens with one attached hydrogen (secondary N) is 1. The van der Waals surface area contributed by atoms with Crippen LogP contribution in [0, 0.1) is 23.2 Å². The normalized spacial score (nSPS) is 16.3. The lowest BCUT2D eigenvalue weighted by atomic mass is 9.72. The number of primary amides is 1. The van der Waals surface area contributed by atoms with Gasteiger partial charge < -0.3 is 31.8 Å². The van der Waals surface area contributed by atoms with Crippen molar-refractivity contribution in [3.8, 4) is 16.9 Å². The summed E-state index contributed by atoms with van der Waals surface area (Å²) in [7, 11) is 0. The third kappa shape index (κ3) is 7.74. The maximum atomic E-state index is 13.2. The first-order valence-electron chi connectivity index (χ1n) is 13.2. The maximum Gasteiger partial charge on any atom is 0.229 e. The second kappa shape index (κ2) is 13.6. The number of hydrogen-bond donors (Lipinski definition) is 5. The monoisotopic (exact) mass is 560 g/mol. The van der Waals surface area contributed by atoms with Gasteiger partial charge in [-0.15, -0.1) is 0 Å². The van der Waals surface area contributed by atoms with E-state index in [2.05, 4.69) is 5.32 Å². The first kappa shape index (κ1) is 32.6. The van der Waals surface area contributed by atoms with E-state index in [0.29, 0.717) is 24.1 Å². The number of rotatable bonds is 11. The van der Waals surface area contributed by atoms with Gasteiger partial charge in [0, 0.05) is 32.9 Å². The predicted octanol–water partition coefficient (Wildman–Crippen LogP) is 2.90. The molecule has 222 valence electrons. The third-order valence-electron chi connectivity index (χ3n) is 7.34. The molecule has 0 aliphatic heterocycles. The van der Waals surface area contributed by atoms with Crippen LogP contribution < -0.4 is 11.1 Å². The second-order valence-electron chi connectivity index (χ2n) is 11.4. The molecular weight excluding hydrogens is 516 g/mol. The summed E-state index contributed by atoms with van der Waals surface area (Å²) in [5.41, 5.74) is 7.82. The van der Waals surface area contributed by atoms with Gasteiger partial charge in [-0.25, -0.2) is 0 Å². The lowest BCUT2D eigenvalue weighted by molar-refractivity contribution is -0.131. The Kier molecular flexibility index (Phi) is 11.1. The SMILES string of the molecule is CC(C)(C)C(=O)Nc1ccc(-c2ccc(O)c3c2CC(CC(CCO)C(CO)C(=O)CC(N)=O)CC3=O)cc1.O.[HH].[HH]. The van der Waals surface area contributed by atoms with Gasteiger partial charge in [-0.1, -0.05) is 39.0 Å². The molecule has 0 heterocycles. The number of carbonyl (C=O) groups is 4. The van der Waals surface area contributed by atoms with Crippen LogP contribution in [-0.2, 0) is 20.8 Å². The van der Waals surface area contributed by atoms with Crippen molar-refractivity contribution in [2.45, 2.75) is 52.9 Å². The Balaban J connectivity index is 0.00000560. The molecule has 0 spiro atoms. The van der Waals surface area contributed by atoms with E-state index in [1.165, 1.54) is 6.07 Å². The minimum absolute atomic E-state index is 0. The zero-order valence-electron chi connectivity index (χ0n) is 23.2. The molecule has 10 nitrogen and oxygen atoms in total. The van der Waals surface area contributed by atoms with Crippen molar-refractivity contribution < 1.29 is 42.8 Å². The summed E-state index contributed by atoms with van der Waals surface area (Å²) in [5, 5.41) is 33.0. The Labute approximate surface area is 236 Å². The van der Waals surface area contributed by atoms with Crippen molar-refractivity contribution >= 4 is 29.1 Å². The maximum absolute atomic E-state index is 13.2. The Morgan fingerprint density at radius 1 is 1.07 bits per heavy atom. The smallest absolute Gasteiger partial charge is 0.229 e. The van der Waals surface area contributed by atoms with Crippen LogP contribution in [0.25, 0.3) is 11.1 Å². The van der Waals surface area contributed by atoms with Crippen molar-refractivity contribution in [1.29, 1.82) is 0 Å². The van der Waals surface area contributed by atoms with Crippen molar-refractivity contribution in [3.05, 3.63) is 47.5 Å². The molecule has 0 fully saturated rings. The Morgan fingerprint density at radius 3 is 2.27 bits per heavy atom. The van der Waals surface area contributed by atoms with Crippen molar-refractivity contribution in [3.63, 3.8) is 0 Å². The lowest BCUT2D eigenvalue weighted by Crippen LogP contribution is -2.33. The number of ketones is 2. The van der Waals surface area contributed by atoms with Crippen LogP contribution in [0.5, 0.6) is 5.75 Å². The molecule has 1 aliphatic rings. The molecule has 0 aromatic heterocycles. The highest BCUT2D eigenvalue weighted by molar-refractivity contribution is 6.03. The lowest BCUT2D eigenvalue weighted by Gasteiger charge is -2.31. The Morgan fingerprint density at radius 2 is 1.73 bits per heavy atom. The number of fused-ring (bicyclic) bond motifs is 1. The first-order chi connectivity index (χ1) is 18.3. The highest BCUT2D eigenvalue weighted by atomic mass is 16.3. The van der Waals surface area contributed by atoms with Gasteiger partial charge in [0.2, 0.25) is 11.8 Å². The van der Waals surface area contributed by atoms with Gasteiger partial charge in [0.05, 0.1) is 18.6 Å². The number of carbonyl (C=O) groups excluding carboxylic acids is 4. The highest BCUT2D eigenvalue weighted by Gasteiger charge is 2.35. The number of Topliss-reactive ketones (excluding diaryl/α,β-unsaturated/α-hetero) is 2. The van der Waals surface area contributed by atoms with E-state index >= 15 is 0 Å². The van der Waals surface area contributed by atoms with Crippen LogP contribution in [0.4, 0.5) is 5.69 Å². The van der Waals surface area contributed by atoms with Crippen LogP contribution in [0.15, 0.2) is 36.4 Å². The molecule has 40 heavy (non-hydrogen) atoms. The van der Waals surface area contributed by atoms with Crippen LogP contribution in [0.2, 0.25) is 0 Å². The fraction of sp³-hybridized carbons (Fsp3) is 0.467. The quantitative estimate of drug-likeness (QED) is 0.260. The zero-order chi connectivity index (χ0) is 28.9. The number of benzene rings is 2. The molecule has 1 aliphatic carbocycles. The predicted molar refractivity (Wildman–Crippen MR) is 155 cm³/mol. The molecular formula is C30H44N2O8. The second-order valence-corrected chi connectivity index (χ2v) is 11.4. The third-order valence-corrected chi connectivity index (χ3v) is 7.34. The van der Waals surface area contributed by atoms with E-state index in [1.54, 1.807) is 18.2 Å². The van der Waals surface area contributed by atoms with Gasteiger partial charge in [-0.2, -0.15) is 0 Å². The first-order valence-corrected chi connectivity index (χ1v) is 13.2. The molecule has 0 radical (unpaired) electrons. The fourth-order valence-electron chi connectivity index (χ4n) is 5.27. The minimum atomic E-state index is -0.874. The molecule has 2 amide bonds. The Hall–Kier alpha value is -3.60. The molecule has 8 N–H and O–H groups in total. The molecule has 10 heteroatoms. The van der Waals surface area contributed by atoms with Crippen molar-refractivity contribution in [2.24, 2.45) is 28.9 Å².